The average Bonchev–Trinajstić information content (AvgIpc) is 3.16. The van der Waals surface area contributed by atoms with Crippen LogP contribution in [0.5, 0.6) is 5.75 Å². The Morgan fingerprint density at radius 1 is 1.07 bits per heavy atom. The van der Waals surface area contributed by atoms with Crippen LogP contribution in [0.3, 0.4) is 0 Å². The van der Waals surface area contributed by atoms with E-state index in [1.54, 1.807) is 12.1 Å². The molecule has 1 fully saturated rings. The van der Waals surface area contributed by atoms with E-state index in [0.29, 0.717) is 17.3 Å². The number of ether oxygens (including phenoxy) is 1. The van der Waals surface area contributed by atoms with Crippen LogP contribution in [-0.2, 0) is 4.79 Å². The molecule has 11 heteroatoms. The summed E-state index contributed by atoms with van der Waals surface area (Å²) in [6.45, 7) is -0.500. The molecule has 10 nitrogen and oxygen atoms in total. The molecular formula is C19H11N3O7S. The topological polar surface area (TPSA) is 136 Å². The van der Waals surface area contributed by atoms with Crippen molar-refractivity contribution >= 4 is 46.5 Å². The van der Waals surface area contributed by atoms with E-state index >= 15 is 0 Å². The number of hydrogen-bond donors (Lipinski definition) is 1. The van der Waals surface area contributed by atoms with Gasteiger partial charge in [-0.25, -0.2) is 4.90 Å². The van der Waals surface area contributed by atoms with Gasteiger partial charge in [0.25, 0.3) is 23.0 Å². The normalized spacial score (nSPS) is 16.8. The van der Waals surface area contributed by atoms with Gasteiger partial charge in [0.15, 0.2) is 12.5 Å². The van der Waals surface area contributed by atoms with E-state index in [4.69, 9.17) is 4.74 Å². The largest absolute Gasteiger partial charge is 0.465 e. The maximum atomic E-state index is 12.4. The minimum Gasteiger partial charge on any atom is -0.465 e. The summed E-state index contributed by atoms with van der Waals surface area (Å²) in [7, 11) is 0. The number of thioether (sulfide) groups is 1. The molecule has 150 valence electrons. The molecule has 0 radical (unpaired) electrons. The first-order chi connectivity index (χ1) is 14.3. The average molecular weight is 425 g/mol. The van der Waals surface area contributed by atoms with Gasteiger partial charge >= 0.3 is 5.69 Å². The lowest BCUT2D eigenvalue weighted by Gasteiger charge is -2.15. The molecule has 1 saturated heterocycles. The number of benzene rings is 2. The predicted molar refractivity (Wildman–Crippen MR) is 105 cm³/mol. The molecule has 0 saturated carbocycles. The lowest BCUT2D eigenvalue weighted by molar-refractivity contribution is -0.386. The summed E-state index contributed by atoms with van der Waals surface area (Å²) in [6.07, 6.45) is 1.34. The van der Waals surface area contributed by atoms with Gasteiger partial charge in [-0.3, -0.25) is 34.6 Å². The number of rotatable bonds is 5. The van der Waals surface area contributed by atoms with Gasteiger partial charge in [0.2, 0.25) is 0 Å². The number of nitro benzene ring substituents is 1. The molecule has 0 bridgehead atoms. The fraction of sp³-hybridized carbons (Fsp3) is 0.0526. The van der Waals surface area contributed by atoms with Crippen LogP contribution in [0.2, 0.25) is 0 Å². The van der Waals surface area contributed by atoms with Crippen LogP contribution in [-0.4, -0.2) is 39.5 Å². The summed E-state index contributed by atoms with van der Waals surface area (Å²) in [5, 5.41) is 13.0. The van der Waals surface area contributed by atoms with Crippen LogP contribution in [0.1, 0.15) is 26.3 Å². The van der Waals surface area contributed by atoms with Crippen molar-refractivity contribution in [3.8, 4) is 5.75 Å². The number of nitrogens with zero attached hydrogens (tertiary/aromatic N) is 2. The fourth-order valence-corrected chi connectivity index (χ4v) is 3.63. The van der Waals surface area contributed by atoms with E-state index in [1.807, 2.05) is 0 Å². The van der Waals surface area contributed by atoms with Gasteiger partial charge in [0.1, 0.15) is 0 Å². The second-order valence-corrected chi connectivity index (χ2v) is 7.21. The molecule has 2 aliphatic rings. The fourth-order valence-electron chi connectivity index (χ4n) is 2.95. The number of hydrogen-bond acceptors (Lipinski definition) is 8. The summed E-state index contributed by atoms with van der Waals surface area (Å²) in [5.41, 5.74) is 0.367. The molecule has 2 heterocycles. The van der Waals surface area contributed by atoms with E-state index in [9.17, 15) is 29.3 Å². The number of carbonyl (C=O) groups excluding carboxylic acids is 4. The molecule has 4 amide bonds. The Hall–Kier alpha value is -3.99. The highest BCUT2D eigenvalue weighted by molar-refractivity contribution is 8.18. The molecule has 2 aromatic carbocycles. The lowest BCUT2D eigenvalue weighted by Crippen LogP contribution is -2.33. The maximum Gasteiger partial charge on any atom is 0.311 e. The van der Waals surface area contributed by atoms with Crippen LogP contribution in [0.25, 0.3) is 6.08 Å². The monoisotopic (exact) mass is 425 g/mol. The van der Waals surface area contributed by atoms with Gasteiger partial charge in [-0.1, -0.05) is 18.2 Å². The zero-order valence-corrected chi connectivity index (χ0v) is 15.8. The number of carbonyl (C=O) groups is 4. The number of imide groups is 2. The zero-order valence-electron chi connectivity index (χ0n) is 15.0. The second kappa shape index (κ2) is 7.44. The third kappa shape index (κ3) is 3.42. The molecule has 1 N–H and O–H groups in total. The molecule has 0 aliphatic carbocycles. The van der Waals surface area contributed by atoms with Crippen LogP contribution in [0.4, 0.5) is 10.5 Å². The van der Waals surface area contributed by atoms with Crippen molar-refractivity contribution < 1.29 is 28.8 Å². The first kappa shape index (κ1) is 19.3. The van der Waals surface area contributed by atoms with Crippen LogP contribution < -0.4 is 10.1 Å². The molecule has 2 aliphatic heterocycles. The summed E-state index contributed by atoms with van der Waals surface area (Å²) < 4.78 is 5.40. The van der Waals surface area contributed by atoms with Crippen LogP contribution in [0, 0.1) is 10.1 Å². The number of nitrogens with one attached hydrogen (secondary N) is 1. The molecule has 0 aromatic heterocycles. The third-order valence-electron chi connectivity index (χ3n) is 4.35. The van der Waals surface area contributed by atoms with Crippen molar-refractivity contribution in [2.45, 2.75) is 0 Å². The van der Waals surface area contributed by atoms with E-state index in [-0.39, 0.29) is 21.8 Å². The van der Waals surface area contributed by atoms with Crippen molar-refractivity contribution in [2.75, 3.05) is 6.73 Å². The smallest absolute Gasteiger partial charge is 0.311 e. The van der Waals surface area contributed by atoms with E-state index in [1.165, 1.54) is 36.4 Å². The Kier molecular flexibility index (Phi) is 4.80. The highest BCUT2D eigenvalue weighted by Crippen LogP contribution is 2.32. The highest BCUT2D eigenvalue weighted by Gasteiger charge is 2.36. The zero-order chi connectivity index (χ0) is 21.4. The standard InChI is InChI=1S/C19H11N3O7S/c23-16-15(30-19(26)20-16)8-10-5-6-14(13(7-10)22(27)28)29-9-21-17(24)11-3-1-2-4-12(11)18(21)25/h1-8H,9H2,(H,20,23,26)/b15-8-. The van der Waals surface area contributed by atoms with Crippen molar-refractivity contribution in [2.24, 2.45) is 0 Å². The van der Waals surface area contributed by atoms with E-state index < -0.39 is 40.3 Å². The van der Waals surface area contributed by atoms with Gasteiger partial charge in [-0.15, -0.1) is 0 Å². The van der Waals surface area contributed by atoms with Gasteiger partial charge in [-0.05, 0) is 41.6 Å². The predicted octanol–water partition coefficient (Wildman–Crippen LogP) is 2.55. The second-order valence-electron chi connectivity index (χ2n) is 6.19. The quantitative estimate of drug-likeness (QED) is 0.334. The highest BCUT2D eigenvalue weighted by atomic mass is 32.2. The third-order valence-corrected chi connectivity index (χ3v) is 5.16. The molecule has 0 unspecified atom stereocenters. The minimum atomic E-state index is -0.688. The number of fused-ring (bicyclic) bond motifs is 1. The molecule has 4 rings (SSSR count). The Balaban J connectivity index is 1.55. The molecule has 0 spiro atoms. The first-order valence-corrected chi connectivity index (χ1v) is 9.28. The molecular weight excluding hydrogens is 414 g/mol. The Morgan fingerprint density at radius 2 is 1.73 bits per heavy atom. The Morgan fingerprint density at radius 3 is 2.30 bits per heavy atom. The maximum absolute atomic E-state index is 12.4. The van der Waals surface area contributed by atoms with Crippen LogP contribution in [0.15, 0.2) is 47.4 Å². The Labute approximate surface area is 172 Å². The summed E-state index contributed by atoms with van der Waals surface area (Å²) in [5.74, 6) is -1.83. The van der Waals surface area contributed by atoms with Crippen molar-refractivity contribution in [3.63, 3.8) is 0 Å². The summed E-state index contributed by atoms with van der Waals surface area (Å²) in [6, 6.07) is 10.2. The summed E-state index contributed by atoms with van der Waals surface area (Å²) >= 11 is 0.687. The number of amides is 4. The van der Waals surface area contributed by atoms with E-state index in [0.717, 1.165) is 4.90 Å². The van der Waals surface area contributed by atoms with Gasteiger partial charge in [0.05, 0.1) is 21.0 Å². The molecule has 30 heavy (non-hydrogen) atoms. The van der Waals surface area contributed by atoms with Gasteiger partial charge in [0, 0.05) is 6.07 Å². The first-order valence-electron chi connectivity index (χ1n) is 8.46. The van der Waals surface area contributed by atoms with Crippen LogP contribution >= 0.6 is 11.8 Å². The molecule has 0 atom stereocenters. The Bertz CT molecular complexity index is 1140. The van der Waals surface area contributed by atoms with Crippen molar-refractivity contribution in [1.82, 2.24) is 10.2 Å². The SMILES string of the molecule is O=C1NC(=O)/C(=C/c2ccc(OCN3C(=O)c4ccccc4C3=O)c([N+](=O)[O-])c2)S1. The number of nitro groups is 1. The lowest BCUT2D eigenvalue weighted by atomic mass is 10.1. The van der Waals surface area contributed by atoms with Gasteiger partial charge < -0.3 is 4.74 Å². The van der Waals surface area contributed by atoms with Crippen molar-refractivity contribution in [1.29, 1.82) is 0 Å². The summed E-state index contributed by atoms with van der Waals surface area (Å²) in [4.78, 5) is 59.3. The van der Waals surface area contributed by atoms with Gasteiger partial charge in [-0.2, -0.15) is 0 Å². The molecule has 2 aromatic rings. The minimum absolute atomic E-state index is 0.106. The van der Waals surface area contributed by atoms with E-state index in [2.05, 4.69) is 5.32 Å². The van der Waals surface area contributed by atoms with Crippen molar-refractivity contribution in [3.05, 3.63) is 74.2 Å².